The molecule has 0 spiro atoms. The molecule has 1 unspecified atom stereocenters. The summed E-state index contributed by atoms with van der Waals surface area (Å²) in [5.74, 6) is 1.33. The maximum absolute atomic E-state index is 12.3. The van der Waals surface area contributed by atoms with Gasteiger partial charge in [-0.05, 0) is 31.9 Å². The highest BCUT2D eigenvalue weighted by Crippen LogP contribution is 2.10. The third-order valence-electron chi connectivity index (χ3n) is 4.47. The summed E-state index contributed by atoms with van der Waals surface area (Å²) in [7, 11) is 0.638. The topological polar surface area (TPSA) is 85.8 Å². The lowest BCUT2D eigenvalue weighted by atomic mass is 10.1. The van der Waals surface area contributed by atoms with Gasteiger partial charge in [-0.25, -0.2) is 0 Å². The van der Waals surface area contributed by atoms with E-state index < -0.39 is 10.8 Å². The zero-order chi connectivity index (χ0) is 19.5. The van der Waals surface area contributed by atoms with E-state index in [4.69, 9.17) is 0 Å². The van der Waals surface area contributed by atoms with Gasteiger partial charge in [-0.15, -0.1) is 24.0 Å². The number of hydrogen-bond acceptors (Lipinski definition) is 4. The van der Waals surface area contributed by atoms with Crippen molar-refractivity contribution in [1.82, 2.24) is 20.9 Å². The Morgan fingerprint density at radius 1 is 1.25 bits per heavy atom. The van der Waals surface area contributed by atoms with Crippen LogP contribution in [0.3, 0.4) is 0 Å². The van der Waals surface area contributed by atoms with Crippen LogP contribution in [0.4, 0.5) is 0 Å². The normalized spacial score (nSPS) is 16.7. The van der Waals surface area contributed by atoms with Crippen LogP contribution in [-0.2, 0) is 15.6 Å². The molecule has 1 fully saturated rings. The van der Waals surface area contributed by atoms with E-state index in [1.807, 2.05) is 37.3 Å². The summed E-state index contributed by atoms with van der Waals surface area (Å²) < 4.78 is 12.3. The molecule has 9 heteroatoms. The number of halogens is 1. The van der Waals surface area contributed by atoms with Gasteiger partial charge in [-0.1, -0.05) is 18.2 Å². The standard InChI is InChI=1S/C19H31N5O2S.HI/c1-3-21-19(22-11-14-27(26)17-7-5-4-6-8-17)23-16-9-12-24(13-10-16)15-18(25)20-2;/h4-8,16H,3,9-15H2,1-2H3,(H,20,25)(H2,21,22,23);1H. The van der Waals surface area contributed by atoms with E-state index in [1.54, 1.807) is 7.05 Å². The molecule has 2 rings (SSSR count). The Morgan fingerprint density at radius 2 is 1.93 bits per heavy atom. The van der Waals surface area contributed by atoms with Crippen LogP contribution in [0.25, 0.3) is 0 Å². The molecule has 1 amide bonds. The van der Waals surface area contributed by atoms with Crippen molar-refractivity contribution in [2.24, 2.45) is 4.99 Å². The van der Waals surface area contributed by atoms with Crippen LogP contribution in [-0.4, -0.2) is 72.5 Å². The van der Waals surface area contributed by atoms with E-state index in [1.165, 1.54) is 0 Å². The zero-order valence-corrected chi connectivity index (χ0v) is 19.8. The summed E-state index contributed by atoms with van der Waals surface area (Å²) >= 11 is 0. The van der Waals surface area contributed by atoms with Gasteiger partial charge < -0.3 is 16.0 Å². The number of hydrogen-bond donors (Lipinski definition) is 3. The van der Waals surface area contributed by atoms with Crippen LogP contribution in [0.1, 0.15) is 19.8 Å². The van der Waals surface area contributed by atoms with Crippen LogP contribution < -0.4 is 16.0 Å². The molecule has 1 aliphatic heterocycles. The van der Waals surface area contributed by atoms with Crippen molar-refractivity contribution in [3.05, 3.63) is 30.3 Å². The molecule has 0 saturated carbocycles. The van der Waals surface area contributed by atoms with Gasteiger partial charge in [-0.2, -0.15) is 0 Å². The second-order valence-electron chi connectivity index (χ2n) is 6.49. The quantitative estimate of drug-likeness (QED) is 0.272. The summed E-state index contributed by atoms with van der Waals surface area (Å²) in [6.45, 7) is 5.56. The van der Waals surface area contributed by atoms with E-state index in [2.05, 4.69) is 25.8 Å². The Bertz CT molecular complexity index is 636. The van der Waals surface area contributed by atoms with Gasteiger partial charge in [0.05, 0.1) is 23.9 Å². The number of amides is 1. The van der Waals surface area contributed by atoms with E-state index in [0.29, 0.717) is 24.9 Å². The lowest BCUT2D eigenvalue weighted by Crippen LogP contribution is -2.50. The number of aliphatic imine (C=N–C) groups is 1. The fourth-order valence-electron chi connectivity index (χ4n) is 2.96. The number of piperidine rings is 1. The van der Waals surface area contributed by atoms with Crippen LogP contribution >= 0.6 is 24.0 Å². The number of benzene rings is 1. The van der Waals surface area contributed by atoms with Crippen molar-refractivity contribution in [2.75, 3.05) is 45.5 Å². The average molecular weight is 521 g/mol. The number of carbonyl (C=O) groups is 1. The van der Waals surface area contributed by atoms with Gasteiger partial charge in [0, 0.05) is 43.4 Å². The molecule has 7 nitrogen and oxygen atoms in total. The molecule has 3 N–H and O–H groups in total. The molecule has 0 radical (unpaired) electrons. The van der Waals surface area contributed by atoms with E-state index in [0.717, 1.165) is 43.3 Å². The number of likely N-dealkylation sites (N-methyl/N-ethyl adjacent to an activating group) is 1. The molecule has 1 saturated heterocycles. The minimum absolute atomic E-state index is 0. The highest BCUT2D eigenvalue weighted by Gasteiger charge is 2.21. The summed E-state index contributed by atoms with van der Waals surface area (Å²) in [6, 6.07) is 9.83. The molecule has 1 atom stereocenters. The molecule has 1 aliphatic rings. The van der Waals surface area contributed by atoms with Crippen LogP contribution in [0.15, 0.2) is 40.2 Å². The molecule has 0 aromatic heterocycles. The van der Waals surface area contributed by atoms with Crippen LogP contribution in [0.2, 0.25) is 0 Å². The lowest BCUT2D eigenvalue weighted by molar-refractivity contribution is -0.122. The first-order chi connectivity index (χ1) is 13.1. The SMILES string of the molecule is CCNC(=NCCS(=O)c1ccccc1)NC1CCN(CC(=O)NC)CC1.I. The predicted octanol–water partition coefficient (Wildman–Crippen LogP) is 1.18. The Balaban J connectivity index is 0.00000392. The molecular weight excluding hydrogens is 489 g/mol. The van der Waals surface area contributed by atoms with Crippen molar-refractivity contribution in [2.45, 2.75) is 30.7 Å². The third kappa shape index (κ3) is 8.87. The molecular formula is C19H32IN5O2S. The number of nitrogens with one attached hydrogen (secondary N) is 3. The highest BCUT2D eigenvalue weighted by molar-refractivity contribution is 14.0. The summed E-state index contributed by atoms with van der Waals surface area (Å²) in [4.78, 5) is 19.1. The molecule has 1 aromatic carbocycles. The van der Waals surface area contributed by atoms with E-state index >= 15 is 0 Å². The van der Waals surface area contributed by atoms with Gasteiger partial charge in [0.2, 0.25) is 5.91 Å². The van der Waals surface area contributed by atoms with Gasteiger partial charge in [0.25, 0.3) is 0 Å². The van der Waals surface area contributed by atoms with Crippen molar-refractivity contribution >= 4 is 46.6 Å². The van der Waals surface area contributed by atoms with Gasteiger partial charge >= 0.3 is 0 Å². The van der Waals surface area contributed by atoms with Gasteiger partial charge in [0.1, 0.15) is 0 Å². The van der Waals surface area contributed by atoms with Gasteiger partial charge in [0.15, 0.2) is 5.96 Å². The highest BCUT2D eigenvalue weighted by atomic mass is 127. The van der Waals surface area contributed by atoms with Crippen molar-refractivity contribution in [1.29, 1.82) is 0 Å². The summed E-state index contributed by atoms with van der Waals surface area (Å²) in [5, 5.41) is 9.40. The first kappa shape index (κ1) is 24.8. The maximum Gasteiger partial charge on any atom is 0.233 e. The minimum Gasteiger partial charge on any atom is -0.358 e. The zero-order valence-electron chi connectivity index (χ0n) is 16.6. The average Bonchev–Trinajstić information content (AvgIpc) is 2.70. The first-order valence-electron chi connectivity index (χ1n) is 9.53. The van der Waals surface area contributed by atoms with Gasteiger partial charge in [-0.3, -0.25) is 18.9 Å². The van der Waals surface area contributed by atoms with Crippen LogP contribution in [0, 0.1) is 0 Å². The largest absolute Gasteiger partial charge is 0.358 e. The number of likely N-dealkylation sites (tertiary alicyclic amines) is 1. The third-order valence-corrected chi connectivity index (χ3v) is 5.82. The predicted molar refractivity (Wildman–Crippen MR) is 126 cm³/mol. The fourth-order valence-corrected chi connectivity index (χ4v) is 3.91. The second kappa shape index (κ2) is 13.9. The van der Waals surface area contributed by atoms with Crippen molar-refractivity contribution in [3.8, 4) is 0 Å². The van der Waals surface area contributed by atoms with E-state index in [-0.39, 0.29) is 29.9 Å². The number of carbonyl (C=O) groups excluding carboxylic acids is 1. The Hall–Kier alpha value is -1.20. The maximum atomic E-state index is 12.3. The Kier molecular flexibility index (Phi) is 12.3. The number of rotatable bonds is 8. The number of nitrogens with zero attached hydrogens (tertiary/aromatic N) is 2. The second-order valence-corrected chi connectivity index (χ2v) is 8.06. The first-order valence-corrected chi connectivity index (χ1v) is 10.9. The molecule has 0 bridgehead atoms. The van der Waals surface area contributed by atoms with E-state index in [9.17, 15) is 9.00 Å². The molecule has 1 heterocycles. The lowest BCUT2D eigenvalue weighted by Gasteiger charge is -2.32. The van der Waals surface area contributed by atoms with Crippen LogP contribution in [0.5, 0.6) is 0 Å². The number of guanidine groups is 1. The Morgan fingerprint density at radius 3 is 2.54 bits per heavy atom. The van der Waals surface area contributed by atoms with Crippen molar-refractivity contribution in [3.63, 3.8) is 0 Å². The Labute approximate surface area is 187 Å². The smallest absolute Gasteiger partial charge is 0.233 e. The fraction of sp³-hybridized carbons (Fsp3) is 0.579. The monoisotopic (exact) mass is 521 g/mol. The molecule has 0 aliphatic carbocycles. The van der Waals surface area contributed by atoms with Crippen molar-refractivity contribution < 1.29 is 9.00 Å². The summed E-state index contributed by atoms with van der Waals surface area (Å²) in [5.41, 5.74) is 0. The summed E-state index contributed by atoms with van der Waals surface area (Å²) in [6.07, 6.45) is 1.94. The molecule has 28 heavy (non-hydrogen) atoms. The minimum atomic E-state index is -1.03. The molecule has 158 valence electrons. The molecule has 1 aromatic rings.